The van der Waals surface area contributed by atoms with Crippen molar-refractivity contribution in [1.82, 2.24) is 4.90 Å². The Morgan fingerprint density at radius 1 is 1.14 bits per heavy atom. The number of likely N-dealkylation sites (tertiary alicyclic amines) is 1. The van der Waals surface area contributed by atoms with E-state index in [4.69, 9.17) is 9.47 Å². The Bertz CT molecular complexity index is 904. The summed E-state index contributed by atoms with van der Waals surface area (Å²) in [5.41, 5.74) is 1.66. The number of hydrogen-bond acceptors (Lipinski definition) is 5. The summed E-state index contributed by atoms with van der Waals surface area (Å²) >= 11 is 3.42. The number of phenolic OH excluding ortho intramolecular Hbond substituents is 1. The molecule has 1 N–H and O–H groups in total. The van der Waals surface area contributed by atoms with E-state index in [0.717, 1.165) is 36.0 Å². The molecule has 3 rings (SSSR count). The van der Waals surface area contributed by atoms with Gasteiger partial charge in [0.15, 0.2) is 5.78 Å². The number of ketones is 1. The largest absolute Gasteiger partial charge is 0.507 e. The van der Waals surface area contributed by atoms with E-state index in [0.29, 0.717) is 23.6 Å². The summed E-state index contributed by atoms with van der Waals surface area (Å²) in [7, 11) is 3.04. The van der Waals surface area contributed by atoms with Gasteiger partial charge >= 0.3 is 0 Å². The number of carbonyl (C=O) groups is 1. The number of nitrogens with zero attached hydrogens (tertiary/aromatic N) is 1. The Kier molecular flexibility index (Phi) is 7.34. The first kappa shape index (κ1) is 21.4. The number of halogens is 1. The maximum absolute atomic E-state index is 13.0. The molecule has 154 valence electrons. The first-order valence-electron chi connectivity index (χ1n) is 9.70. The predicted octanol–water partition coefficient (Wildman–Crippen LogP) is 5.05. The van der Waals surface area contributed by atoms with Gasteiger partial charge in [-0.2, -0.15) is 0 Å². The first-order valence-corrected chi connectivity index (χ1v) is 10.5. The van der Waals surface area contributed by atoms with E-state index < -0.39 is 0 Å². The summed E-state index contributed by atoms with van der Waals surface area (Å²) in [6.07, 6.45) is 6.68. The van der Waals surface area contributed by atoms with Gasteiger partial charge in [-0.1, -0.05) is 40.6 Å². The molecule has 1 aliphatic rings. The van der Waals surface area contributed by atoms with Crippen LogP contribution in [0.5, 0.6) is 17.2 Å². The van der Waals surface area contributed by atoms with Crippen LogP contribution in [0.4, 0.5) is 0 Å². The minimum atomic E-state index is -0.318. The van der Waals surface area contributed by atoms with Crippen molar-refractivity contribution in [1.29, 1.82) is 0 Å². The van der Waals surface area contributed by atoms with Crippen LogP contribution in [0, 0.1) is 0 Å². The lowest BCUT2D eigenvalue weighted by atomic mass is 10.0. The van der Waals surface area contributed by atoms with Crippen molar-refractivity contribution < 1.29 is 19.4 Å². The molecule has 0 unspecified atom stereocenters. The van der Waals surface area contributed by atoms with Gasteiger partial charge in [0.2, 0.25) is 0 Å². The molecule has 2 aromatic carbocycles. The molecule has 29 heavy (non-hydrogen) atoms. The number of benzene rings is 2. The minimum Gasteiger partial charge on any atom is -0.507 e. The molecular formula is C23H26BrNO4. The third-order valence-electron chi connectivity index (χ3n) is 5.12. The van der Waals surface area contributed by atoms with E-state index in [1.54, 1.807) is 19.3 Å². The highest BCUT2D eigenvalue weighted by Gasteiger charge is 2.24. The van der Waals surface area contributed by atoms with Crippen molar-refractivity contribution in [2.24, 2.45) is 0 Å². The number of ether oxygens (including phenoxy) is 2. The summed E-state index contributed by atoms with van der Waals surface area (Å²) in [6, 6.07) is 9.32. The van der Waals surface area contributed by atoms with Gasteiger partial charge in [-0.25, -0.2) is 0 Å². The van der Waals surface area contributed by atoms with Crippen LogP contribution in [0.15, 0.2) is 40.9 Å². The number of aromatic hydroxyl groups is 1. The normalized spacial score (nSPS) is 14.9. The summed E-state index contributed by atoms with van der Waals surface area (Å²) in [5.74, 6) is 0.431. The van der Waals surface area contributed by atoms with Gasteiger partial charge in [-0.05, 0) is 49.7 Å². The summed E-state index contributed by atoms with van der Waals surface area (Å²) in [6.45, 7) is 2.48. The third-order valence-corrected chi connectivity index (χ3v) is 5.61. The highest BCUT2D eigenvalue weighted by Crippen LogP contribution is 2.40. The van der Waals surface area contributed by atoms with E-state index in [1.165, 1.54) is 19.6 Å². The molecule has 5 nitrogen and oxygen atoms in total. The lowest BCUT2D eigenvalue weighted by Gasteiger charge is -2.28. The van der Waals surface area contributed by atoms with Crippen LogP contribution in [0.25, 0.3) is 6.08 Å². The predicted molar refractivity (Wildman–Crippen MR) is 118 cm³/mol. The number of allylic oxidation sites excluding steroid dienone is 1. The Hall–Kier alpha value is -2.31. The quantitative estimate of drug-likeness (QED) is 0.463. The lowest BCUT2D eigenvalue weighted by molar-refractivity contribution is 0.104. The van der Waals surface area contributed by atoms with Gasteiger partial charge in [0.1, 0.15) is 22.8 Å². The van der Waals surface area contributed by atoms with Gasteiger partial charge < -0.3 is 14.6 Å². The first-order chi connectivity index (χ1) is 14.0. The van der Waals surface area contributed by atoms with Crippen molar-refractivity contribution in [2.75, 3.05) is 27.3 Å². The van der Waals surface area contributed by atoms with Crippen molar-refractivity contribution >= 4 is 27.8 Å². The number of piperidine rings is 1. The smallest absolute Gasteiger partial charge is 0.193 e. The molecule has 2 aromatic rings. The van der Waals surface area contributed by atoms with E-state index in [-0.39, 0.29) is 17.1 Å². The molecule has 0 atom stereocenters. The molecule has 0 aliphatic carbocycles. The summed E-state index contributed by atoms with van der Waals surface area (Å²) < 4.78 is 11.8. The molecule has 6 heteroatoms. The van der Waals surface area contributed by atoms with Crippen LogP contribution < -0.4 is 9.47 Å². The summed E-state index contributed by atoms with van der Waals surface area (Å²) in [5, 5.41) is 11.0. The average molecular weight is 460 g/mol. The fraction of sp³-hybridized carbons (Fsp3) is 0.348. The highest BCUT2D eigenvalue weighted by atomic mass is 79.9. The number of rotatable bonds is 7. The molecule has 0 spiro atoms. The Labute approximate surface area is 180 Å². The van der Waals surface area contributed by atoms with Crippen LogP contribution in [0.1, 0.15) is 40.7 Å². The van der Waals surface area contributed by atoms with Crippen LogP contribution in [0.3, 0.4) is 0 Å². The Balaban J connectivity index is 1.95. The minimum absolute atomic E-state index is 0.0735. The molecule has 1 aliphatic heterocycles. The van der Waals surface area contributed by atoms with Gasteiger partial charge in [-0.15, -0.1) is 0 Å². The van der Waals surface area contributed by atoms with Crippen LogP contribution in [-0.4, -0.2) is 43.1 Å². The van der Waals surface area contributed by atoms with Crippen LogP contribution in [-0.2, 0) is 6.54 Å². The zero-order valence-electron chi connectivity index (χ0n) is 16.8. The molecule has 0 aromatic heterocycles. The Morgan fingerprint density at radius 2 is 1.86 bits per heavy atom. The number of phenols is 1. The Morgan fingerprint density at radius 3 is 2.52 bits per heavy atom. The number of carbonyl (C=O) groups excluding carboxylic acids is 1. The number of methoxy groups -OCH3 is 2. The van der Waals surface area contributed by atoms with Gasteiger partial charge in [0.05, 0.1) is 19.8 Å². The van der Waals surface area contributed by atoms with Crippen molar-refractivity contribution in [3.8, 4) is 17.2 Å². The van der Waals surface area contributed by atoms with E-state index in [2.05, 4.69) is 20.8 Å². The van der Waals surface area contributed by atoms with Gasteiger partial charge in [0.25, 0.3) is 0 Å². The monoisotopic (exact) mass is 459 g/mol. The molecule has 0 radical (unpaired) electrons. The SMILES string of the molecule is COc1cc(OC)c(C(=O)/C=C/c2cccc(Br)c2)c(O)c1CN1CCCCC1. The maximum atomic E-state index is 13.0. The van der Waals surface area contributed by atoms with Crippen molar-refractivity contribution in [2.45, 2.75) is 25.8 Å². The summed E-state index contributed by atoms with van der Waals surface area (Å²) in [4.78, 5) is 15.2. The fourth-order valence-electron chi connectivity index (χ4n) is 3.60. The number of hydrogen-bond donors (Lipinski definition) is 1. The second-order valence-corrected chi connectivity index (χ2v) is 7.99. The molecule has 0 bridgehead atoms. The van der Waals surface area contributed by atoms with Crippen molar-refractivity contribution in [3.63, 3.8) is 0 Å². The van der Waals surface area contributed by atoms with E-state index in [9.17, 15) is 9.90 Å². The van der Waals surface area contributed by atoms with Gasteiger partial charge in [0, 0.05) is 17.1 Å². The zero-order chi connectivity index (χ0) is 20.8. The topological polar surface area (TPSA) is 59.0 Å². The maximum Gasteiger partial charge on any atom is 0.193 e. The second kappa shape index (κ2) is 9.94. The zero-order valence-corrected chi connectivity index (χ0v) is 18.4. The molecule has 0 saturated carbocycles. The lowest BCUT2D eigenvalue weighted by Crippen LogP contribution is -2.29. The molecule has 1 heterocycles. The van der Waals surface area contributed by atoms with Crippen molar-refractivity contribution in [3.05, 3.63) is 57.6 Å². The van der Waals surface area contributed by atoms with Crippen LogP contribution in [0.2, 0.25) is 0 Å². The van der Waals surface area contributed by atoms with Crippen LogP contribution >= 0.6 is 15.9 Å². The molecule has 1 fully saturated rings. The molecule has 0 amide bonds. The third kappa shape index (κ3) is 5.19. The van der Waals surface area contributed by atoms with Gasteiger partial charge in [-0.3, -0.25) is 9.69 Å². The molecular weight excluding hydrogens is 434 g/mol. The van der Waals surface area contributed by atoms with E-state index >= 15 is 0 Å². The molecule has 1 saturated heterocycles. The second-order valence-electron chi connectivity index (χ2n) is 7.07. The fourth-order valence-corrected chi connectivity index (χ4v) is 4.02. The van der Waals surface area contributed by atoms with E-state index in [1.807, 2.05) is 24.3 Å². The average Bonchev–Trinajstić information content (AvgIpc) is 2.74. The highest BCUT2D eigenvalue weighted by molar-refractivity contribution is 9.10. The standard InChI is InChI=1S/C23H26BrNO4/c1-28-20-14-21(29-2)22(19(26)10-9-16-7-6-8-17(24)13-16)23(27)18(20)15-25-11-4-3-5-12-25/h6-10,13-14,27H,3-5,11-12,15H2,1-2H3/b10-9+.